The molecule has 0 bridgehead atoms. The average Bonchev–Trinajstić information content (AvgIpc) is 3.56. The van der Waals surface area contributed by atoms with Crippen LogP contribution in [-0.4, -0.2) is 49.0 Å². The van der Waals surface area contributed by atoms with Crippen LogP contribution in [0.15, 0.2) is 60.9 Å². The highest BCUT2D eigenvalue weighted by atomic mass is 16.5. The summed E-state index contributed by atoms with van der Waals surface area (Å²) in [7, 11) is 0. The van der Waals surface area contributed by atoms with Crippen molar-refractivity contribution in [2.24, 2.45) is 0 Å². The SMILES string of the molecule is C[C@@](O)(c1ccc(-c2nc([C@@H]3CC[C@H]4CCC(=O)N4C3)n3ccnc(N)c23)cc1)c1cccc(OC2CC2)c1. The molecule has 0 unspecified atom stereocenters. The average molecular weight is 524 g/mol. The summed E-state index contributed by atoms with van der Waals surface area (Å²) in [5.41, 5.74) is 9.18. The van der Waals surface area contributed by atoms with Crippen molar-refractivity contribution in [2.75, 3.05) is 12.3 Å². The third kappa shape index (κ3) is 4.23. The Morgan fingerprint density at radius 1 is 1.05 bits per heavy atom. The third-order valence-electron chi connectivity index (χ3n) is 8.64. The van der Waals surface area contributed by atoms with Crippen molar-refractivity contribution in [1.29, 1.82) is 0 Å². The number of anilines is 1. The molecule has 0 radical (unpaired) electrons. The van der Waals surface area contributed by atoms with Gasteiger partial charge in [0.25, 0.3) is 0 Å². The number of nitrogen functional groups attached to an aromatic ring is 1. The molecule has 3 atom stereocenters. The molecule has 2 aromatic carbocycles. The Hall–Kier alpha value is -3.91. The quantitative estimate of drug-likeness (QED) is 0.381. The Labute approximate surface area is 227 Å². The monoisotopic (exact) mass is 523 g/mol. The second kappa shape index (κ2) is 9.09. The molecule has 2 saturated heterocycles. The molecule has 1 amide bonds. The van der Waals surface area contributed by atoms with Crippen molar-refractivity contribution in [2.45, 2.75) is 69.1 Å². The molecule has 1 aliphatic carbocycles. The topological polar surface area (TPSA) is 106 Å². The lowest BCUT2D eigenvalue weighted by Crippen LogP contribution is -2.41. The van der Waals surface area contributed by atoms with Crippen LogP contribution < -0.4 is 10.5 Å². The molecular formula is C31H33N5O3. The summed E-state index contributed by atoms with van der Waals surface area (Å²) in [6.45, 7) is 2.50. The molecule has 8 heteroatoms. The minimum Gasteiger partial charge on any atom is -0.490 e. The number of nitrogens with two attached hydrogens (primary N) is 1. The summed E-state index contributed by atoms with van der Waals surface area (Å²) in [5.74, 6) is 2.50. The van der Waals surface area contributed by atoms with Crippen LogP contribution in [-0.2, 0) is 10.4 Å². The van der Waals surface area contributed by atoms with Crippen LogP contribution in [0.5, 0.6) is 5.75 Å². The van der Waals surface area contributed by atoms with E-state index in [1.165, 1.54) is 0 Å². The minimum atomic E-state index is -1.19. The first-order valence-electron chi connectivity index (χ1n) is 13.9. The first kappa shape index (κ1) is 24.2. The van der Waals surface area contributed by atoms with Crippen molar-refractivity contribution in [3.63, 3.8) is 0 Å². The van der Waals surface area contributed by atoms with Crippen molar-refractivity contribution >= 4 is 17.2 Å². The van der Waals surface area contributed by atoms with Gasteiger partial charge in [-0.2, -0.15) is 0 Å². The number of hydrogen-bond donors (Lipinski definition) is 2. The minimum absolute atomic E-state index is 0.136. The molecule has 3 aliphatic rings. The second-order valence-electron chi connectivity index (χ2n) is 11.4. The van der Waals surface area contributed by atoms with E-state index in [-0.39, 0.29) is 11.8 Å². The third-order valence-corrected chi connectivity index (χ3v) is 8.64. The number of rotatable bonds is 6. The molecule has 0 spiro atoms. The number of amides is 1. The Morgan fingerprint density at radius 3 is 2.67 bits per heavy atom. The molecule has 200 valence electrons. The first-order valence-corrected chi connectivity index (χ1v) is 13.9. The Bertz CT molecular complexity index is 1560. The number of carbonyl (C=O) groups is 1. The predicted molar refractivity (Wildman–Crippen MR) is 148 cm³/mol. The molecular weight excluding hydrogens is 490 g/mol. The van der Waals surface area contributed by atoms with Crippen LogP contribution >= 0.6 is 0 Å². The number of imidazole rings is 1. The van der Waals surface area contributed by atoms with Gasteiger partial charge < -0.3 is 20.5 Å². The van der Waals surface area contributed by atoms with E-state index in [4.69, 9.17) is 15.5 Å². The lowest BCUT2D eigenvalue weighted by Gasteiger charge is -2.34. The number of hydrogen-bond acceptors (Lipinski definition) is 6. The lowest BCUT2D eigenvalue weighted by atomic mass is 9.87. The maximum absolute atomic E-state index is 12.5. The molecule has 3 fully saturated rings. The Kier molecular flexibility index (Phi) is 5.63. The van der Waals surface area contributed by atoms with E-state index in [0.29, 0.717) is 30.9 Å². The molecule has 4 heterocycles. The van der Waals surface area contributed by atoms with E-state index >= 15 is 0 Å². The number of carbonyl (C=O) groups excluding carboxylic acids is 1. The zero-order valence-corrected chi connectivity index (χ0v) is 22.1. The van der Waals surface area contributed by atoms with Crippen LogP contribution in [0.4, 0.5) is 5.82 Å². The highest BCUT2D eigenvalue weighted by Gasteiger charge is 2.38. The fraction of sp³-hybridized carbons (Fsp3) is 0.387. The van der Waals surface area contributed by atoms with E-state index < -0.39 is 5.60 Å². The maximum Gasteiger partial charge on any atom is 0.222 e. The van der Waals surface area contributed by atoms with Gasteiger partial charge in [-0.15, -0.1) is 0 Å². The largest absolute Gasteiger partial charge is 0.490 e. The molecule has 39 heavy (non-hydrogen) atoms. The van der Waals surface area contributed by atoms with Gasteiger partial charge in [-0.1, -0.05) is 36.4 Å². The summed E-state index contributed by atoms with van der Waals surface area (Å²) in [5, 5.41) is 11.5. The molecule has 7 rings (SSSR count). The summed E-state index contributed by atoms with van der Waals surface area (Å²) in [6.07, 6.45) is 9.68. The van der Waals surface area contributed by atoms with Crippen LogP contribution in [0.3, 0.4) is 0 Å². The molecule has 3 N–H and O–H groups in total. The fourth-order valence-electron chi connectivity index (χ4n) is 6.22. The van der Waals surface area contributed by atoms with E-state index in [2.05, 4.69) is 4.98 Å². The summed E-state index contributed by atoms with van der Waals surface area (Å²) >= 11 is 0. The van der Waals surface area contributed by atoms with Gasteiger partial charge >= 0.3 is 0 Å². The summed E-state index contributed by atoms with van der Waals surface area (Å²) in [4.78, 5) is 23.9. The summed E-state index contributed by atoms with van der Waals surface area (Å²) < 4.78 is 7.99. The molecule has 8 nitrogen and oxygen atoms in total. The summed E-state index contributed by atoms with van der Waals surface area (Å²) in [6, 6.07) is 15.9. The number of ether oxygens (including phenoxy) is 1. The maximum atomic E-state index is 12.5. The second-order valence-corrected chi connectivity index (χ2v) is 11.4. The molecule has 4 aromatic rings. The van der Waals surface area contributed by atoms with Crippen molar-refractivity contribution in [1.82, 2.24) is 19.3 Å². The standard InChI is InChI=1S/C31H33N5O3/c1-31(38,22-3-2-4-25(17-22)39-24-12-13-24)21-8-5-19(6-9-21)27-28-29(32)33-15-16-35(28)30(34-27)20-7-10-23-11-14-26(37)36(23)18-20/h2-6,8-9,15-17,20,23-24,38H,7,10-14,18H2,1H3,(H2,32,33)/t20-,23+,31-/m1/s1. The van der Waals surface area contributed by atoms with Crippen molar-refractivity contribution < 1.29 is 14.6 Å². The van der Waals surface area contributed by atoms with Gasteiger partial charge in [-0.3, -0.25) is 9.20 Å². The van der Waals surface area contributed by atoms with Gasteiger partial charge in [0.15, 0.2) is 0 Å². The van der Waals surface area contributed by atoms with Gasteiger partial charge in [0.1, 0.15) is 34.2 Å². The van der Waals surface area contributed by atoms with E-state index in [1.807, 2.05) is 64.0 Å². The van der Waals surface area contributed by atoms with E-state index in [1.54, 1.807) is 13.1 Å². The van der Waals surface area contributed by atoms with Crippen molar-refractivity contribution in [3.8, 4) is 17.0 Å². The highest BCUT2D eigenvalue weighted by molar-refractivity contribution is 5.85. The number of aliphatic hydroxyl groups is 1. The number of nitrogens with zero attached hydrogens (tertiary/aromatic N) is 4. The number of benzene rings is 2. The van der Waals surface area contributed by atoms with E-state index in [9.17, 15) is 9.90 Å². The number of aromatic nitrogens is 3. The first-order chi connectivity index (χ1) is 18.9. The van der Waals surface area contributed by atoms with Crippen LogP contribution in [0, 0.1) is 0 Å². The van der Waals surface area contributed by atoms with E-state index in [0.717, 1.165) is 71.6 Å². The smallest absolute Gasteiger partial charge is 0.222 e. The van der Waals surface area contributed by atoms with Crippen LogP contribution in [0.25, 0.3) is 16.8 Å². The molecule has 1 saturated carbocycles. The highest BCUT2D eigenvalue weighted by Crippen LogP contribution is 2.39. The fourth-order valence-corrected chi connectivity index (χ4v) is 6.22. The normalized spacial score (nSPS) is 22.6. The van der Waals surface area contributed by atoms with Gasteiger partial charge in [0.2, 0.25) is 5.91 Å². The van der Waals surface area contributed by atoms with Gasteiger partial charge in [-0.25, -0.2) is 9.97 Å². The van der Waals surface area contributed by atoms with Crippen LogP contribution in [0.1, 0.15) is 68.3 Å². The predicted octanol–water partition coefficient (Wildman–Crippen LogP) is 4.64. The zero-order valence-electron chi connectivity index (χ0n) is 22.1. The van der Waals surface area contributed by atoms with Crippen molar-refractivity contribution in [3.05, 3.63) is 77.9 Å². The van der Waals surface area contributed by atoms with Gasteiger partial charge in [0.05, 0.1) is 6.10 Å². The Morgan fingerprint density at radius 2 is 1.87 bits per heavy atom. The lowest BCUT2D eigenvalue weighted by molar-refractivity contribution is -0.130. The molecule has 2 aliphatic heterocycles. The number of piperidine rings is 1. The Balaban J connectivity index is 1.22. The van der Waals surface area contributed by atoms with Gasteiger partial charge in [-0.05, 0) is 62.3 Å². The number of fused-ring (bicyclic) bond motifs is 2. The molecule has 2 aromatic heterocycles. The van der Waals surface area contributed by atoms with Crippen LogP contribution in [0.2, 0.25) is 0 Å². The van der Waals surface area contributed by atoms with Gasteiger partial charge in [0, 0.05) is 42.9 Å². The zero-order chi connectivity index (χ0) is 26.7.